The van der Waals surface area contributed by atoms with Crippen molar-refractivity contribution in [1.29, 1.82) is 0 Å². The van der Waals surface area contributed by atoms with E-state index in [9.17, 15) is 4.79 Å². The molecule has 0 spiro atoms. The van der Waals surface area contributed by atoms with Crippen LogP contribution < -0.4 is 4.74 Å². The number of carboxylic acids is 1. The lowest BCUT2D eigenvalue weighted by Gasteiger charge is -2.04. The lowest BCUT2D eigenvalue weighted by atomic mass is 10.1. The Balaban J connectivity index is 2.34. The summed E-state index contributed by atoms with van der Waals surface area (Å²) in [7, 11) is 1.60. The Kier molecular flexibility index (Phi) is 2.37. The molecular formula is C10H10O3S. The number of thioether (sulfide) groups is 1. The average Bonchev–Trinajstić information content (AvgIpc) is 2.60. The number of benzene rings is 1. The molecule has 1 aromatic rings. The van der Waals surface area contributed by atoms with Crippen LogP contribution in [0.3, 0.4) is 0 Å². The van der Waals surface area contributed by atoms with Crippen molar-refractivity contribution < 1.29 is 14.6 Å². The zero-order valence-corrected chi connectivity index (χ0v) is 8.50. The second kappa shape index (κ2) is 3.53. The molecule has 0 aliphatic carbocycles. The Hall–Kier alpha value is -1.16. The van der Waals surface area contributed by atoms with E-state index in [4.69, 9.17) is 9.84 Å². The summed E-state index contributed by atoms with van der Waals surface area (Å²) in [5.41, 5.74) is 1.07. The second-order valence-electron chi connectivity index (χ2n) is 3.10. The van der Waals surface area contributed by atoms with E-state index in [2.05, 4.69) is 0 Å². The van der Waals surface area contributed by atoms with Gasteiger partial charge in [-0.3, -0.25) is 4.79 Å². The van der Waals surface area contributed by atoms with E-state index in [0.29, 0.717) is 6.42 Å². The summed E-state index contributed by atoms with van der Waals surface area (Å²) in [5.74, 6) is 0.0181. The maximum atomic E-state index is 10.8. The third-order valence-electron chi connectivity index (χ3n) is 2.22. The Bertz CT molecular complexity index is 376. The number of rotatable bonds is 2. The Labute approximate surface area is 86.1 Å². The number of ether oxygens (including phenoxy) is 1. The lowest BCUT2D eigenvalue weighted by Crippen LogP contribution is -2.14. The fraction of sp³-hybridized carbons (Fsp3) is 0.300. The maximum Gasteiger partial charge on any atom is 0.317 e. The molecule has 1 aromatic carbocycles. The molecular weight excluding hydrogens is 200 g/mol. The van der Waals surface area contributed by atoms with Gasteiger partial charge in [0.25, 0.3) is 0 Å². The molecule has 0 fully saturated rings. The Morgan fingerprint density at radius 2 is 2.43 bits per heavy atom. The van der Waals surface area contributed by atoms with Crippen LogP contribution in [-0.4, -0.2) is 23.4 Å². The number of aliphatic carboxylic acids is 1. The molecule has 1 N–H and O–H groups in total. The smallest absolute Gasteiger partial charge is 0.317 e. The van der Waals surface area contributed by atoms with E-state index in [0.717, 1.165) is 16.2 Å². The first kappa shape index (κ1) is 9.40. The molecule has 1 heterocycles. The summed E-state index contributed by atoms with van der Waals surface area (Å²) in [5, 5.41) is 8.53. The van der Waals surface area contributed by atoms with Crippen LogP contribution >= 0.6 is 11.8 Å². The van der Waals surface area contributed by atoms with Crippen molar-refractivity contribution in [3.05, 3.63) is 23.8 Å². The van der Waals surface area contributed by atoms with Gasteiger partial charge in [-0.05, 0) is 18.1 Å². The van der Waals surface area contributed by atoms with E-state index >= 15 is 0 Å². The van der Waals surface area contributed by atoms with E-state index in [1.165, 1.54) is 11.8 Å². The van der Waals surface area contributed by atoms with Crippen LogP contribution in [0.15, 0.2) is 23.1 Å². The minimum absolute atomic E-state index is 0.360. The van der Waals surface area contributed by atoms with Crippen LogP contribution in [0.4, 0.5) is 0 Å². The van der Waals surface area contributed by atoms with Gasteiger partial charge in [-0.15, -0.1) is 11.8 Å². The third-order valence-corrected chi connectivity index (χ3v) is 3.57. The first-order valence-corrected chi connectivity index (χ1v) is 5.15. The van der Waals surface area contributed by atoms with Gasteiger partial charge < -0.3 is 9.84 Å². The van der Waals surface area contributed by atoms with E-state index < -0.39 is 5.97 Å². The molecule has 0 radical (unpaired) electrons. The van der Waals surface area contributed by atoms with Gasteiger partial charge in [0, 0.05) is 0 Å². The van der Waals surface area contributed by atoms with Crippen LogP contribution in [0.5, 0.6) is 5.75 Å². The first-order valence-electron chi connectivity index (χ1n) is 4.27. The maximum absolute atomic E-state index is 10.8. The van der Waals surface area contributed by atoms with Gasteiger partial charge >= 0.3 is 5.97 Å². The highest BCUT2D eigenvalue weighted by atomic mass is 32.2. The largest absolute Gasteiger partial charge is 0.496 e. The fourth-order valence-corrected chi connectivity index (χ4v) is 2.76. The van der Waals surface area contributed by atoms with Gasteiger partial charge in [0.05, 0.1) is 12.0 Å². The zero-order chi connectivity index (χ0) is 10.1. The van der Waals surface area contributed by atoms with Crippen molar-refractivity contribution in [3.63, 3.8) is 0 Å². The quantitative estimate of drug-likeness (QED) is 0.808. The summed E-state index contributed by atoms with van der Waals surface area (Å²) in [6.45, 7) is 0. The monoisotopic (exact) mass is 210 g/mol. The molecule has 1 atom stereocenters. The lowest BCUT2D eigenvalue weighted by molar-refractivity contribution is -0.136. The molecule has 14 heavy (non-hydrogen) atoms. The first-order chi connectivity index (χ1) is 6.72. The molecule has 74 valence electrons. The minimum atomic E-state index is -0.756. The summed E-state index contributed by atoms with van der Waals surface area (Å²) in [6.07, 6.45) is 0.590. The van der Waals surface area contributed by atoms with Gasteiger partial charge in [-0.2, -0.15) is 0 Å². The van der Waals surface area contributed by atoms with E-state index in [1.54, 1.807) is 7.11 Å². The second-order valence-corrected chi connectivity index (χ2v) is 4.31. The normalized spacial score (nSPS) is 19.1. The average molecular weight is 210 g/mol. The third kappa shape index (κ3) is 1.46. The molecule has 1 aliphatic rings. The Morgan fingerprint density at radius 3 is 3.07 bits per heavy atom. The van der Waals surface area contributed by atoms with Crippen LogP contribution in [0, 0.1) is 0 Å². The number of fused-ring (bicyclic) bond motifs is 1. The van der Waals surface area contributed by atoms with Crippen molar-refractivity contribution >= 4 is 17.7 Å². The van der Waals surface area contributed by atoms with E-state index in [-0.39, 0.29) is 5.25 Å². The van der Waals surface area contributed by atoms with Gasteiger partial charge in [0.2, 0.25) is 0 Å². The molecule has 1 aliphatic heterocycles. The molecule has 0 saturated carbocycles. The summed E-state index contributed by atoms with van der Waals surface area (Å²) in [6, 6.07) is 5.70. The molecule has 0 amide bonds. The number of carbonyl (C=O) groups is 1. The predicted octanol–water partition coefficient (Wildman–Crippen LogP) is 1.80. The zero-order valence-electron chi connectivity index (χ0n) is 7.69. The molecule has 4 heteroatoms. The molecule has 2 rings (SSSR count). The predicted molar refractivity (Wildman–Crippen MR) is 54.0 cm³/mol. The molecule has 0 bridgehead atoms. The van der Waals surface area contributed by atoms with Crippen molar-refractivity contribution in [1.82, 2.24) is 0 Å². The number of carboxylic acid groups (broad SMARTS) is 1. The van der Waals surface area contributed by atoms with Crippen LogP contribution in [-0.2, 0) is 11.2 Å². The standard InChI is InChI=1S/C10H10O3S/c1-13-7-4-2-3-6-5-8(10(11)12)14-9(6)7/h2-4,8H,5H2,1H3,(H,11,12). The minimum Gasteiger partial charge on any atom is -0.496 e. The van der Waals surface area contributed by atoms with Gasteiger partial charge in [0.1, 0.15) is 11.0 Å². The highest BCUT2D eigenvalue weighted by Crippen LogP contribution is 2.42. The van der Waals surface area contributed by atoms with Crippen molar-refractivity contribution in [2.45, 2.75) is 16.6 Å². The van der Waals surface area contributed by atoms with Crippen molar-refractivity contribution in [2.24, 2.45) is 0 Å². The van der Waals surface area contributed by atoms with E-state index in [1.807, 2.05) is 18.2 Å². The molecule has 0 saturated heterocycles. The number of methoxy groups -OCH3 is 1. The molecule has 3 nitrogen and oxygen atoms in total. The van der Waals surface area contributed by atoms with Gasteiger partial charge in [-0.1, -0.05) is 12.1 Å². The Morgan fingerprint density at radius 1 is 1.64 bits per heavy atom. The van der Waals surface area contributed by atoms with Crippen LogP contribution in [0.2, 0.25) is 0 Å². The fourth-order valence-electron chi connectivity index (χ4n) is 1.54. The molecule has 1 unspecified atom stereocenters. The van der Waals surface area contributed by atoms with Crippen molar-refractivity contribution in [3.8, 4) is 5.75 Å². The highest BCUT2D eigenvalue weighted by Gasteiger charge is 2.29. The topological polar surface area (TPSA) is 46.5 Å². The SMILES string of the molecule is COc1cccc2c1SC(C(=O)O)C2. The number of hydrogen-bond donors (Lipinski definition) is 1. The summed E-state index contributed by atoms with van der Waals surface area (Å²) in [4.78, 5) is 11.8. The van der Waals surface area contributed by atoms with Gasteiger partial charge in [0.15, 0.2) is 0 Å². The van der Waals surface area contributed by atoms with Crippen LogP contribution in [0.1, 0.15) is 5.56 Å². The molecule has 0 aromatic heterocycles. The highest BCUT2D eigenvalue weighted by molar-refractivity contribution is 8.01. The summed E-state index contributed by atoms with van der Waals surface area (Å²) >= 11 is 1.37. The number of hydrogen-bond acceptors (Lipinski definition) is 3. The summed E-state index contributed by atoms with van der Waals surface area (Å²) < 4.78 is 5.17. The van der Waals surface area contributed by atoms with Gasteiger partial charge in [-0.25, -0.2) is 0 Å². The van der Waals surface area contributed by atoms with Crippen LogP contribution in [0.25, 0.3) is 0 Å². The van der Waals surface area contributed by atoms with Crippen molar-refractivity contribution in [2.75, 3.05) is 7.11 Å².